The number of para-hydroxylation sites is 1. The van der Waals surface area contributed by atoms with Gasteiger partial charge in [-0.1, -0.05) is 29.3 Å². The molecule has 0 N–H and O–H groups in total. The van der Waals surface area contributed by atoms with Gasteiger partial charge in [0.1, 0.15) is 9.84 Å². The highest BCUT2D eigenvalue weighted by molar-refractivity contribution is 7.90. The second-order valence-electron chi connectivity index (χ2n) is 3.38. The lowest BCUT2D eigenvalue weighted by atomic mass is 10.3. The zero-order valence-corrected chi connectivity index (χ0v) is 11.1. The van der Waals surface area contributed by atoms with Gasteiger partial charge in [0.15, 0.2) is 5.75 Å². The molecule has 0 atom stereocenters. The first kappa shape index (κ1) is 13.6. The summed E-state index contributed by atoms with van der Waals surface area (Å²) in [7, 11) is -2.94. The molecule has 0 bridgehead atoms. The average Bonchev–Trinajstić information content (AvgIpc) is 2.14. The lowest BCUT2D eigenvalue weighted by molar-refractivity contribution is 0.318. The summed E-state index contributed by atoms with van der Waals surface area (Å²) in [5, 5.41) is 0.846. The van der Waals surface area contributed by atoms with Gasteiger partial charge in [-0.25, -0.2) is 8.42 Å². The summed E-state index contributed by atoms with van der Waals surface area (Å²) in [5.41, 5.74) is 0. The molecule has 0 unspecified atom stereocenters. The smallest absolute Gasteiger partial charge is 0.156 e. The Kier molecular flexibility index (Phi) is 4.89. The highest BCUT2D eigenvalue weighted by atomic mass is 35.5. The van der Waals surface area contributed by atoms with Crippen LogP contribution in [0.4, 0.5) is 0 Å². The van der Waals surface area contributed by atoms with Gasteiger partial charge in [0.2, 0.25) is 0 Å². The van der Waals surface area contributed by atoms with Gasteiger partial charge >= 0.3 is 0 Å². The Labute approximate surface area is 105 Å². The number of benzene rings is 1. The van der Waals surface area contributed by atoms with Crippen molar-refractivity contribution >= 4 is 33.0 Å². The fourth-order valence-electron chi connectivity index (χ4n) is 1.12. The summed E-state index contributed by atoms with van der Waals surface area (Å²) < 4.78 is 27.1. The third-order valence-electron chi connectivity index (χ3n) is 1.82. The predicted molar refractivity (Wildman–Crippen MR) is 66.3 cm³/mol. The Morgan fingerprint density at radius 3 is 2.31 bits per heavy atom. The summed E-state index contributed by atoms with van der Waals surface area (Å²) in [5.74, 6) is 0.494. The van der Waals surface area contributed by atoms with Crippen LogP contribution in [0.25, 0.3) is 0 Å². The van der Waals surface area contributed by atoms with Crippen molar-refractivity contribution in [2.75, 3.05) is 18.6 Å². The van der Waals surface area contributed by atoms with Gasteiger partial charge < -0.3 is 4.74 Å². The number of ether oxygens (including phenoxy) is 1. The average molecular weight is 283 g/mol. The highest BCUT2D eigenvalue weighted by Crippen LogP contribution is 2.32. The number of hydrogen-bond acceptors (Lipinski definition) is 3. The number of hydrogen-bond donors (Lipinski definition) is 0. The van der Waals surface area contributed by atoms with Crippen molar-refractivity contribution in [3.8, 4) is 5.75 Å². The van der Waals surface area contributed by atoms with Crippen LogP contribution in [0.15, 0.2) is 18.2 Å². The molecular weight excluding hydrogens is 271 g/mol. The van der Waals surface area contributed by atoms with Gasteiger partial charge in [0.25, 0.3) is 0 Å². The molecule has 1 aromatic carbocycles. The molecule has 16 heavy (non-hydrogen) atoms. The normalized spacial score (nSPS) is 11.4. The molecule has 0 heterocycles. The van der Waals surface area contributed by atoms with Crippen molar-refractivity contribution in [2.45, 2.75) is 6.42 Å². The highest BCUT2D eigenvalue weighted by Gasteiger charge is 2.07. The topological polar surface area (TPSA) is 43.4 Å². The van der Waals surface area contributed by atoms with E-state index in [0.29, 0.717) is 22.2 Å². The predicted octanol–water partition coefficient (Wildman–Crippen LogP) is 2.81. The zero-order valence-electron chi connectivity index (χ0n) is 8.74. The molecule has 1 aromatic rings. The molecule has 3 nitrogen and oxygen atoms in total. The first-order chi connectivity index (χ1) is 7.40. The van der Waals surface area contributed by atoms with E-state index in [0.717, 1.165) is 0 Å². The van der Waals surface area contributed by atoms with E-state index in [-0.39, 0.29) is 12.4 Å². The third-order valence-corrected chi connectivity index (χ3v) is 3.45. The molecule has 0 amide bonds. The number of halogens is 2. The van der Waals surface area contributed by atoms with Crippen molar-refractivity contribution in [3.05, 3.63) is 28.2 Å². The van der Waals surface area contributed by atoms with E-state index in [1.807, 2.05) is 0 Å². The molecule has 0 aliphatic heterocycles. The van der Waals surface area contributed by atoms with Crippen molar-refractivity contribution in [3.63, 3.8) is 0 Å². The Bertz CT molecular complexity index is 437. The van der Waals surface area contributed by atoms with E-state index >= 15 is 0 Å². The van der Waals surface area contributed by atoms with E-state index in [1.54, 1.807) is 18.2 Å². The van der Waals surface area contributed by atoms with E-state index in [1.165, 1.54) is 6.26 Å². The minimum Gasteiger partial charge on any atom is -0.490 e. The molecule has 90 valence electrons. The third kappa shape index (κ3) is 4.60. The monoisotopic (exact) mass is 282 g/mol. The molecule has 6 heteroatoms. The molecule has 0 spiro atoms. The van der Waals surface area contributed by atoms with E-state index in [2.05, 4.69) is 0 Å². The fraction of sp³-hybridized carbons (Fsp3) is 0.400. The molecule has 0 radical (unpaired) electrons. The molecular formula is C10H12Cl2O3S. The minimum atomic E-state index is -2.94. The molecule has 1 rings (SSSR count). The van der Waals surface area contributed by atoms with Crippen molar-refractivity contribution < 1.29 is 13.2 Å². The summed E-state index contributed by atoms with van der Waals surface area (Å²) in [6.07, 6.45) is 1.61. The Morgan fingerprint density at radius 2 is 1.81 bits per heavy atom. The SMILES string of the molecule is CS(=O)(=O)CCCOc1c(Cl)cccc1Cl. The quantitative estimate of drug-likeness (QED) is 0.780. The summed E-state index contributed by atoms with van der Waals surface area (Å²) in [6, 6.07) is 5.05. The van der Waals surface area contributed by atoms with Crippen molar-refractivity contribution in [1.29, 1.82) is 0 Å². The maximum Gasteiger partial charge on any atom is 0.156 e. The molecule has 0 saturated carbocycles. The lowest BCUT2D eigenvalue weighted by Crippen LogP contribution is -2.08. The second-order valence-corrected chi connectivity index (χ2v) is 6.46. The summed E-state index contributed by atoms with van der Waals surface area (Å²) in [4.78, 5) is 0. The van der Waals surface area contributed by atoms with Crippen LogP contribution in [-0.2, 0) is 9.84 Å². The van der Waals surface area contributed by atoms with E-state index < -0.39 is 9.84 Å². The van der Waals surface area contributed by atoms with Gasteiger partial charge in [-0.3, -0.25) is 0 Å². The molecule has 0 fully saturated rings. The second kappa shape index (κ2) is 5.75. The van der Waals surface area contributed by atoms with Gasteiger partial charge in [-0.2, -0.15) is 0 Å². The van der Waals surface area contributed by atoms with Crippen molar-refractivity contribution in [2.24, 2.45) is 0 Å². The summed E-state index contributed by atoms with van der Waals surface area (Å²) >= 11 is 11.7. The van der Waals surface area contributed by atoms with Gasteiger partial charge in [-0.15, -0.1) is 0 Å². The van der Waals surface area contributed by atoms with E-state index in [9.17, 15) is 8.42 Å². The van der Waals surface area contributed by atoms with Gasteiger partial charge in [0.05, 0.1) is 22.4 Å². The van der Waals surface area contributed by atoms with Crippen LogP contribution in [0.2, 0.25) is 10.0 Å². The Balaban J connectivity index is 2.49. The van der Waals surface area contributed by atoms with Crippen LogP contribution in [0.3, 0.4) is 0 Å². The van der Waals surface area contributed by atoms with Gasteiger partial charge in [-0.05, 0) is 18.6 Å². The van der Waals surface area contributed by atoms with Crippen LogP contribution in [0, 0.1) is 0 Å². The maximum atomic E-state index is 10.9. The maximum absolute atomic E-state index is 10.9. The Hall–Kier alpha value is -0.450. The fourth-order valence-corrected chi connectivity index (χ4v) is 2.26. The lowest BCUT2D eigenvalue weighted by Gasteiger charge is -2.08. The van der Waals surface area contributed by atoms with Crippen LogP contribution >= 0.6 is 23.2 Å². The van der Waals surface area contributed by atoms with Crippen LogP contribution in [-0.4, -0.2) is 27.0 Å². The first-order valence-electron chi connectivity index (χ1n) is 4.65. The van der Waals surface area contributed by atoms with Crippen LogP contribution < -0.4 is 4.74 Å². The van der Waals surface area contributed by atoms with Crippen LogP contribution in [0.5, 0.6) is 5.75 Å². The van der Waals surface area contributed by atoms with Crippen molar-refractivity contribution in [1.82, 2.24) is 0 Å². The molecule has 0 saturated heterocycles. The number of sulfone groups is 1. The van der Waals surface area contributed by atoms with Crippen LogP contribution in [0.1, 0.15) is 6.42 Å². The van der Waals surface area contributed by atoms with E-state index in [4.69, 9.17) is 27.9 Å². The molecule has 0 aliphatic rings. The first-order valence-corrected chi connectivity index (χ1v) is 7.46. The summed E-state index contributed by atoms with van der Waals surface area (Å²) in [6.45, 7) is 0.274. The zero-order chi connectivity index (χ0) is 12.2. The molecule has 0 aliphatic carbocycles. The Morgan fingerprint density at radius 1 is 1.25 bits per heavy atom. The minimum absolute atomic E-state index is 0.0923. The largest absolute Gasteiger partial charge is 0.490 e. The van der Waals surface area contributed by atoms with Gasteiger partial charge in [0, 0.05) is 6.26 Å². The molecule has 0 aromatic heterocycles. The number of rotatable bonds is 5. The standard InChI is InChI=1S/C10H12Cl2O3S/c1-16(13,14)7-3-6-15-10-8(11)4-2-5-9(10)12/h2,4-5H,3,6-7H2,1H3.